The van der Waals surface area contributed by atoms with Crippen molar-refractivity contribution in [1.29, 1.82) is 0 Å². The Hall–Kier alpha value is -0.870. The zero-order chi connectivity index (χ0) is 10.8. The normalized spacial score (nSPS) is 11.1. The van der Waals surface area contributed by atoms with Gasteiger partial charge in [0, 0.05) is 6.20 Å². The molecular formula is C11H14BrN3. The fourth-order valence-corrected chi connectivity index (χ4v) is 2.22. The third-order valence-corrected chi connectivity index (χ3v) is 3.31. The van der Waals surface area contributed by atoms with Crippen LogP contribution in [0, 0.1) is 6.92 Å². The number of pyridine rings is 1. The summed E-state index contributed by atoms with van der Waals surface area (Å²) in [5, 5.41) is 0. The highest BCUT2D eigenvalue weighted by Gasteiger charge is 2.09. The quantitative estimate of drug-likeness (QED) is 0.928. The smallest absolute Gasteiger partial charge is 0.140 e. The molecule has 15 heavy (non-hydrogen) atoms. The van der Waals surface area contributed by atoms with E-state index >= 15 is 0 Å². The van der Waals surface area contributed by atoms with E-state index in [1.807, 2.05) is 12.3 Å². The van der Waals surface area contributed by atoms with Crippen molar-refractivity contribution in [3.05, 3.63) is 34.2 Å². The lowest BCUT2D eigenvalue weighted by molar-refractivity contribution is 0.812. The van der Waals surface area contributed by atoms with Gasteiger partial charge in [-0.15, -0.1) is 0 Å². The molecule has 2 heterocycles. The molecule has 0 atom stereocenters. The second-order valence-electron chi connectivity index (χ2n) is 3.63. The van der Waals surface area contributed by atoms with Gasteiger partial charge in [-0.2, -0.15) is 0 Å². The first-order valence-corrected chi connectivity index (χ1v) is 5.85. The van der Waals surface area contributed by atoms with Gasteiger partial charge in [0.25, 0.3) is 0 Å². The summed E-state index contributed by atoms with van der Waals surface area (Å²) < 4.78 is 3.12. The van der Waals surface area contributed by atoms with E-state index in [2.05, 4.69) is 38.3 Å². The molecule has 3 nitrogen and oxygen atoms in total. The number of imidazole rings is 1. The van der Waals surface area contributed by atoms with Crippen molar-refractivity contribution in [2.45, 2.75) is 19.8 Å². The largest absolute Gasteiger partial charge is 0.330 e. The number of nitrogens with zero attached hydrogens (tertiary/aromatic N) is 2. The van der Waals surface area contributed by atoms with Crippen LogP contribution in [-0.4, -0.2) is 15.9 Å². The SMILES string of the molecule is Cc1cccn2c(Br)c(CCCN)nc12. The molecule has 0 aliphatic carbocycles. The summed E-state index contributed by atoms with van der Waals surface area (Å²) in [7, 11) is 0. The average molecular weight is 268 g/mol. The molecule has 0 amide bonds. The Labute approximate surface area is 97.4 Å². The van der Waals surface area contributed by atoms with E-state index in [4.69, 9.17) is 5.73 Å². The van der Waals surface area contributed by atoms with Crippen molar-refractivity contribution in [2.24, 2.45) is 5.73 Å². The topological polar surface area (TPSA) is 43.3 Å². The van der Waals surface area contributed by atoms with Crippen LogP contribution in [0.5, 0.6) is 0 Å². The Morgan fingerprint density at radius 2 is 2.33 bits per heavy atom. The van der Waals surface area contributed by atoms with E-state index in [0.29, 0.717) is 6.54 Å². The number of rotatable bonds is 3. The van der Waals surface area contributed by atoms with Gasteiger partial charge in [0.05, 0.1) is 5.69 Å². The zero-order valence-corrected chi connectivity index (χ0v) is 10.3. The minimum Gasteiger partial charge on any atom is -0.330 e. The lowest BCUT2D eigenvalue weighted by Crippen LogP contribution is -2.00. The highest BCUT2D eigenvalue weighted by atomic mass is 79.9. The maximum Gasteiger partial charge on any atom is 0.140 e. The standard InChI is InChI=1S/C11H14BrN3/c1-8-4-3-7-15-10(12)9(5-2-6-13)14-11(8)15/h3-4,7H,2,5-6,13H2,1H3. The van der Waals surface area contributed by atoms with Gasteiger partial charge in [0.2, 0.25) is 0 Å². The van der Waals surface area contributed by atoms with Crippen LogP contribution in [0.2, 0.25) is 0 Å². The summed E-state index contributed by atoms with van der Waals surface area (Å²) in [6.07, 6.45) is 3.92. The summed E-state index contributed by atoms with van der Waals surface area (Å²) in [5.41, 5.74) is 8.81. The van der Waals surface area contributed by atoms with Crippen LogP contribution in [0.4, 0.5) is 0 Å². The molecule has 0 fully saturated rings. The van der Waals surface area contributed by atoms with Crippen molar-refractivity contribution in [3.8, 4) is 0 Å². The highest BCUT2D eigenvalue weighted by Crippen LogP contribution is 2.21. The zero-order valence-electron chi connectivity index (χ0n) is 8.70. The van der Waals surface area contributed by atoms with Gasteiger partial charge in [0.1, 0.15) is 10.3 Å². The fraction of sp³-hybridized carbons (Fsp3) is 0.364. The molecule has 0 aliphatic rings. The van der Waals surface area contributed by atoms with Crippen LogP contribution >= 0.6 is 15.9 Å². The van der Waals surface area contributed by atoms with Gasteiger partial charge in [-0.1, -0.05) is 6.07 Å². The van der Waals surface area contributed by atoms with Crippen LogP contribution in [0.15, 0.2) is 22.9 Å². The van der Waals surface area contributed by atoms with Gasteiger partial charge in [-0.3, -0.25) is 4.40 Å². The molecule has 2 aromatic heterocycles. The Balaban J connectivity index is 2.49. The first kappa shape index (κ1) is 10.6. The molecule has 2 aromatic rings. The number of aryl methyl sites for hydroxylation is 2. The van der Waals surface area contributed by atoms with Crippen molar-refractivity contribution in [3.63, 3.8) is 0 Å². The lowest BCUT2D eigenvalue weighted by atomic mass is 10.2. The van der Waals surface area contributed by atoms with E-state index in [1.54, 1.807) is 0 Å². The molecule has 0 aliphatic heterocycles. The highest BCUT2D eigenvalue weighted by molar-refractivity contribution is 9.10. The van der Waals surface area contributed by atoms with E-state index in [0.717, 1.165) is 28.8 Å². The number of aromatic nitrogens is 2. The molecule has 0 bridgehead atoms. The molecule has 0 saturated carbocycles. The second-order valence-corrected chi connectivity index (χ2v) is 4.38. The lowest BCUT2D eigenvalue weighted by Gasteiger charge is -1.97. The maximum atomic E-state index is 5.50. The van der Waals surface area contributed by atoms with Crippen molar-refractivity contribution < 1.29 is 0 Å². The molecule has 0 aromatic carbocycles. The average Bonchev–Trinajstić information content (AvgIpc) is 2.55. The minimum absolute atomic E-state index is 0.708. The summed E-state index contributed by atoms with van der Waals surface area (Å²) in [6, 6.07) is 4.10. The Bertz CT molecular complexity index is 476. The van der Waals surface area contributed by atoms with E-state index in [1.165, 1.54) is 5.56 Å². The predicted molar refractivity (Wildman–Crippen MR) is 65.0 cm³/mol. The van der Waals surface area contributed by atoms with Crippen LogP contribution < -0.4 is 5.73 Å². The number of nitrogens with two attached hydrogens (primary N) is 1. The van der Waals surface area contributed by atoms with E-state index in [9.17, 15) is 0 Å². The van der Waals surface area contributed by atoms with Gasteiger partial charge in [0.15, 0.2) is 0 Å². The monoisotopic (exact) mass is 267 g/mol. The minimum atomic E-state index is 0.708. The number of hydrogen-bond donors (Lipinski definition) is 1. The Kier molecular flexibility index (Phi) is 3.07. The van der Waals surface area contributed by atoms with Crippen LogP contribution in [0.25, 0.3) is 5.65 Å². The molecule has 0 saturated heterocycles. The van der Waals surface area contributed by atoms with Crippen molar-refractivity contribution in [2.75, 3.05) is 6.54 Å². The molecule has 0 unspecified atom stereocenters. The van der Waals surface area contributed by atoms with Gasteiger partial charge in [-0.05, 0) is 53.9 Å². The van der Waals surface area contributed by atoms with Crippen molar-refractivity contribution >= 4 is 21.6 Å². The summed E-state index contributed by atoms with van der Waals surface area (Å²) in [4.78, 5) is 4.61. The molecule has 2 rings (SSSR count). The third kappa shape index (κ3) is 1.92. The number of halogens is 1. The Morgan fingerprint density at radius 3 is 3.00 bits per heavy atom. The first-order chi connectivity index (χ1) is 7.24. The summed E-state index contributed by atoms with van der Waals surface area (Å²) in [5.74, 6) is 0. The van der Waals surface area contributed by atoms with Gasteiger partial charge < -0.3 is 5.73 Å². The predicted octanol–water partition coefficient (Wildman–Crippen LogP) is 2.30. The Morgan fingerprint density at radius 1 is 1.53 bits per heavy atom. The number of fused-ring (bicyclic) bond motifs is 1. The first-order valence-electron chi connectivity index (χ1n) is 5.06. The van der Waals surface area contributed by atoms with Crippen molar-refractivity contribution in [1.82, 2.24) is 9.38 Å². The molecule has 2 N–H and O–H groups in total. The van der Waals surface area contributed by atoms with E-state index < -0.39 is 0 Å². The molecule has 0 spiro atoms. The fourth-order valence-electron chi connectivity index (χ4n) is 1.65. The molecular weight excluding hydrogens is 254 g/mol. The van der Waals surface area contributed by atoms with Crippen LogP contribution in [-0.2, 0) is 6.42 Å². The molecule has 0 radical (unpaired) electrons. The van der Waals surface area contributed by atoms with Crippen LogP contribution in [0.3, 0.4) is 0 Å². The van der Waals surface area contributed by atoms with Crippen LogP contribution in [0.1, 0.15) is 17.7 Å². The third-order valence-electron chi connectivity index (χ3n) is 2.47. The second kappa shape index (κ2) is 4.33. The summed E-state index contributed by atoms with van der Waals surface area (Å²) in [6.45, 7) is 2.78. The molecule has 4 heteroatoms. The van der Waals surface area contributed by atoms with Gasteiger partial charge >= 0.3 is 0 Å². The number of hydrogen-bond acceptors (Lipinski definition) is 2. The maximum absolute atomic E-state index is 5.50. The van der Waals surface area contributed by atoms with Gasteiger partial charge in [-0.25, -0.2) is 4.98 Å². The van der Waals surface area contributed by atoms with E-state index in [-0.39, 0.29) is 0 Å². The summed E-state index contributed by atoms with van der Waals surface area (Å²) >= 11 is 3.58. The molecule has 80 valence electrons.